The second-order valence-corrected chi connectivity index (χ2v) is 12.6. The largest absolute Gasteiger partial charge is 0.510 e. The lowest BCUT2D eigenvalue weighted by molar-refractivity contribution is -0.159. The number of aliphatic hydroxyl groups excluding tert-OH is 5. The van der Waals surface area contributed by atoms with Crippen LogP contribution in [0.5, 0.6) is 5.75 Å². The molecule has 0 aliphatic heterocycles. The molecule has 1 amide bonds. The summed E-state index contributed by atoms with van der Waals surface area (Å²) < 4.78 is 3.67. The third-order valence-electron chi connectivity index (χ3n) is 9.44. The van der Waals surface area contributed by atoms with Gasteiger partial charge >= 0.3 is 5.69 Å². The quantitative estimate of drug-likeness (QED) is 0.127. The van der Waals surface area contributed by atoms with E-state index in [0.29, 0.717) is 0 Å². The van der Waals surface area contributed by atoms with Gasteiger partial charge in [0.15, 0.2) is 22.5 Å². The number of nitrogens with zero attached hydrogens (tertiary/aromatic N) is 5. The SMILES string of the molecule is C=C1c2cccc(O)c2C(=O)C2=C(O)[C@]3(O)C(=O)C(C(N)=O)=C(O)[C@@H](N(C)C)[C@@H]3[C@@H](O)[C@H]12.Cn1c(=O)c2c(ncn2CC(O)CO)n(C)c1=O. The zero-order chi connectivity index (χ0) is 37.3. The van der Waals surface area contributed by atoms with E-state index in [1.807, 2.05) is 0 Å². The molecule has 2 heterocycles. The first-order valence-corrected chi connectivity index (χ1v) is 15.1. The summed E-state index contributed by atoms with van der Waals surface area (Å²) in [6.45, 7) is 3.55. The van der Waals surface area contributed by atoms with Crippen LogP contribution in [-0.4, -0.2) is 121 Å². The number of Topliss-reactive ketones (excluding diaryl/α,β-unsaturated/α-hetero) is 2. The fourth-order valence-electron chi connectivity index (χ4n) is 7.04. The molecule has 1 aromatic carbocycles. The molecular weight excluding hydrogens is 660 g/mol. The molecule has 6 atom stereocenters. The van der Waals surface area contributed by atoms with E-state index in [1.54, 1.807) is 0 Å². The Bertz CT molecular complexity index is 2180. The molecule has 9 N–H and O–H groups in total. The van der Waals surface area contributed by atoms with Crippen LogP contribution in [0.15, 0.2) is 63.4 Å². The predicted molar refractivity (Wildman–Crippen MR) is 174 cm³/mol. The van der Waals surface area contributed by atoms with Crippen molar-refractivity contribution in [2.75, 3.05) is 20.7 Å². The molecule has 0 saturated carbocycles. The average molecular weight is 697 g/mol. The molecule has 266 valence electrons. The molecule has 2 aromatic heterocycles. The van der Waals surface area contributed by atoms with Crippen LogP contribution in [0, 0.1) is 11.8 Å². The van der Waals surface area contributed by atoms with Gasteiger partial charge in [0.05, 0.1) is 54.8 Å². The average Bonchev–Trinajstić information content (AvgIpc) is 3.47. The third-order valence-corrected chi connectivity index (χ3v) is 9.44. The Morgan fingerprint density at radius 2 is 1.76 bits per heavy atom. The first kappa shape index (κ1) is 35.9. The molecule has 0 radical (unpaired) electrons. The van der Waals surface area contributed by atoms with E-state index < -0.39 is 99.4 Å². The molecule has 3 aliphatic rings. The van der Waals surface area contributed by atoms with Crippen LogP contribution in [0.25, 0.3) is 16.7 Å². The first-order chi connectivity index (χ1) is 23.3. The molecule has 18 nitrogen and oxygen atoms in total. The van der Waals surface area contributed by atoms with Gasteiger partial charge in [-0.15, -0.1) is 0 Å². The number of likely N-dealkylation sites (N-methyl/N-ethyl adjacent to an activating group) is 1. The molecule has 1 unspecified atom stereocenters. The summed E-state index contributed by atoms with van der Waals surface area (Å²) in [6, 6.07) is 2.92. The van der Waals surface area contributed by atoms with E-state index in [9.17, 15) is 54.6 Å². The normalized spacial score (nSPS) is 25.3. The maximum absolute atomic E-state index is 13.3. The molecule has 0 bridgehead atoms. The number of aryl methyl sites for hydroxylation is 1. The molecule has 6 rings (SSSR count). The van der Waals surface area contributed by atoms with Crippen molar-refractivity contribution in [2.45, 2.75) is 30.4 Å². The number of carbonyl (C=O) groups is 3. The lowest BCUT2D eigenvalue weighted by Gasteiger charge is -2.52. The van der Waals surface area contributed by atoms with Crippen molar-refractivity contribution in [1.82, 2.24) is 23.6 Å². The van der Waals surface area contributed by atoms with E-state index in [2.05, 4.69) is 11.6 Å². The fourth-order valence-corrected chi connectivity index (χ4v) is 7.04. The smallest absolute Gasteiger partial charge is 0.332 e. The monoisotopic (exact) mass is 696 g/mol. The van der Waals surface area contributed by atoms with Gasteiger partial charge in [0, 0.05) is 20.0 Å². The Morgan fingerprint density at radius 3 is 2.34 bits per heavy atom. The predicted octanol–water partition coefficient (Wildman–Crippen LogP) is -2.65. The molecule has 0 saturated heterocycles. The minimum atomic E-state index is -2.94. The van der Waals surface area contributed by atoms with Gasteiger partial charge in [-0.25, -0.2) is 9.78 Å². The Balaban J connectivity index is 0.000000228. The number of primary amides is 1. The first-order valence-electron chi connectivity index (χ1n) is 15.1. The second-order valence-electron chi connectivity index (χ2n) is 12.6. The van der Waals surface area contributed by atoms with Crippen molar-refractivity contribution in [2.24, 2.45) is 31.7 Å². The number of phenols is 1. The van der Waals surface area contributed by atoms with Crippen molar-refractivity contribution in [3.05, 3.63) is 85.7 Å². The lowest BCUT2D eigenvalue weighted by atomic mass is 9.56. The third kappa shape index (κ3) is 4.99. The molecule has 3 aromatic rings. The number of ketones is 2. The van der Waals surface area contributed by atoms with Crippen molar-refractivity contribution in [3.8, 4) is 5.75 Å². The van der Waals surface area contributed by atoms with E-state index in [4.69, 9.17) is 10.8 Å². The van der Waals surface area contributed by atoms with Crippen molar-refractivity contribution in [1.29, 1.82) is 0 Å². The van der Waals surface area contributed by atoms with E-state index in [-0.39, 0.29) is 34.4 Å². The minimum Gasteiger partial charge on any atom is -0.510 e. The molecule has 0 spiro atoms. The highest BCUT2D eigenvalue weighted by Gasteiger charge is 2.67. The fraction of sp³-hybridized carbons (Fsp3) is 0.375. The van der Waals surface area contributed by atoms with Gasteiger partial charge in [0.2, 0.25) is 5.78 Å². The van der Waals surface area contributed by atoms with Gasteiger partial charge < -0.3 is 46.0 Å². The number of aromatic hydroxyl groups is 1. The number of amides is 1. The number of hydrogen-bond acceptors (Lipinski definition) is 14. The molecule has 3 aliphatic carbocycles. The number of benzene rings is 1. The topological polar surface area (TPSA) is 284 Å². The Hall–Kier alpha value is -5.40. The van der Waals surface area contributed by atoms with Gasteiger partial charge in [-0.2, -0.15) is 0 Å². The van der Waals surface area contributed by atoms with Crippen LogP contribution in [0.1, 0.15) is 15.9 Å². The molecule has 50 heavy (non-hydrogen) atoms. The van der Waals surface area contributed by atoms with Gasteiger partial charge in [-0.3, -0.25) is 33.2 Å². The Kier molecular flexibility index (Phi) is 8.96. The van der Waals surface area contributed by atoms with Crippen LogP contribution in [0.4, 0.5) is 0 Å². The number of phenolic OH excluding ortho intramolecular Hbond substituents is 1. The lowest BCUT2D eigenvalue weighted by Crippen LogP contribution is -2.68. The highest BCUT2D eigenvalue weighted by molar-refractivity contribution is 6.25. The number of carbonyl (C=O) groups excluding carboxylic acids is 3. The minimum absolute atomic E-state index is 0.0421. The Morgan fingerprint density at radius 1 is 1.12 bits per heavy atom. The zero-order valence-electron chi connectivity index (χ0n) is 27.3. The highest BCUT2D eigenvalue weighted by Crippen LogP contribution is 2.54. The van der Waals surface area contributed by atoms with Crippen LogP contribution < -0.4 is 17.0 Å². The molecular formula is C32H36N6O12. The summed E-state index contributed by atoms with van der Waals surface area (Å²) >= 11 is 0. The van der Waals surface area contributed by atoms with Gasteiger partial charge in [0.25, 0.3) is 11.5 Å². The maximum Gasteiger partial charge on any atom is 0.332 e. The van der Waals surface area contributed by atoms with E-state index >= 15 is 0 Å². The number of fused-ring (bicyclic) bond motifs is 4. The maximum atomic E-state index is 13.3. The van der Waals surface area contributed by atoms with Crippen molar-refractivity contribution >= 4 is 34.2 Å². The van der Waals surface area contributed by atoms with Crippen molar-refractivity contribution < 1.29 is 50.1 Å². The standard InChI is InChI=1S/C22H22N2O8.C10H14N4O4/c1-7-8-5-4-6-9(25)11(8)16(26)12-10(7)17(27)14-15(24(2)3)18(28)13(21(23)31)20(30)22(14,32)19(12)29;1-12-8-7(9(17)13(2)10(12)18)14(5-11-8)3-6(16)4-15/h4-6,10,14-15,17,25,27-29,32H,1H2,2-3H3,(H2,23,31);5-6,15-16H,3-4H2,1-2H3/t10-,14-,15+,17+,22+;/m1./s1. The number of aromatic nitrogens is 4. The summed E-state index contributed by atoms with van der Waals surface area (Å²) in [5.41, 5.74) is 0.611. The van der Waals surface area contributed by atoms with Gasteiger partial charge in [-0.05, 0) is 31.3 Å². The van der Waals surface area contributed by atoms with E-state index in [0.717, 1.165) is 4.57 Å². The van der Waals surface area contributed by atoms with Gasteiger partial charge in [0.1, 0.15) is 22.8 Å². The number of aliphatic hydroxyl groups is 6. The molecule has 18 heteroatoms. The summed E-state index contributed by atoms with van der Waals surface area (Å²) in [5.74, 6) is -8.77. The Labute approximate surface area is 282 Å². The number of nitrogens with two attached hydrogens (primary N) is 1. The number of hydrogen-bond donors (Lipinski definition) is 8. The van der Waals surface area contributed by atoms with Crippen LogP contribution >= 0.6 is 0 Å². The highest BCUT2D eigenvalue weighted by atomic mass is 16.4. The van der Waals surface area contributed by atoms with Crippen LogP contribution in [-0.2, 0) is 30.2 Å². The van der Waals surface area contributed by atoms with Crippen LogP contribution in [0.3, 0.4) is 0 Å². The van der Waals surface area contributed by atoms with Gasteiger partial charge in [-0.1, -0.05) is 18.7 Å². The molecule has 0 fully saturated rings. The number of imidazole rings is 1. The van der Waals surface area contributed by atoms with E-state index in [1.165, 1.54) is 66.8 Å². The number of rotatable bonds is 5. The van der Waals surface area contributed by atoms with Crippen LogP contribution in [0.2, 0.25) is 0 Å². The second kappa shape index (κ2) is 12.5. The van der Waals surface area contributed by atoms with Crippen molar-refractivity contribution in [3.63, 3.8) is 0 Å². The summed E-state index contributed by atoms with van der Waals surface area (Å²) in [7, 11) is 5.83. The summed E-state index contributed by atoms with van der Waals surface area (Å²) in [5, 5.41) is 73.0. The summed E-state index contributed by atoms with van der Waals surface area (Å²) in [4.78, 5) is 67.4. The summed E-state index contributed by atoms with van der Waals surface area (Å²) in [6.07, 6.45) is -1.31. The zero-order valence-corrected chi connectivity index (χ0v) is 27.3.